The molecule has 0 amide bonds. The molecule has 0 aromatic heterocycles. The molecule has 2 atom stereocenters. The first kappa shape index (κ1) is 22.8. The molecule has 0 saturated carbocycles. The van der Waals surface area contributed by atoms with Gasteiger partial charge in [-0.05, 0) is 62.4 Å². The van der Waals surface area contributed by atoms with E-state index in [2.05, 4.69) is 10.6 Å². The van der Waals surface area contributed by atoms with Crippen LogP contribution in [0.3, 0.4) is 0 Å². The van der Waals surface area contributed by atoms with E-state index in [4.69, 9.17) is 28.9 Å². The quantitative estimate of drug-likeness (QED) is 0.570. The molecule has 8 heteroatoms. The molecule has 2 aromatic rings. The van der Waals surface area contributed by atoms with Crippen LogP contribution >= 0.6 is 0 Å². The molecule has 0 unspecified atom stereocenters. The molecule has 0 fully saturated rings. The first-order chi connectivity index (χ1) is 16.0. The minimum absolute atomic E-state index is 0.0379. The summed E-state index contributed by atoms with van der Waals surface area (Å²) in [6.07, 6.45) is 0. The molecule has 4 rings (SSSR count). The van der Waals surface area contributed by atoms with Crippen molar-refractivity contribution in [3.63, 3.8) is 0 Å². The van der Waals surface area contributed by atoms with Crippen LogP contribution in [0.25, 0.3) is 0 Å². The van der Waals surface area contributed by atoms with Crippen LogP contribution in [0.4, 0.5) is 11.4 Å². The maximum Gasteiger partial charge on any atom is 0.199 e. The predicted molar refractivity (Wildman–Crippen MR) is 131 cm³/mol. The number of nitrogens with one attached hydrogen (secondary N) is 2. The second kappa shape index (κ2) is 10.0. The van der Waals surface area contributed by atoms with E-state index in [1.54, 1.807) is 14.2 Å². The van der Waals surface area contributed by atoms with Gasteiger partial charge in [0.2, 0.25) is 0 Å². The zero-order valence-electron chi connectivity index (χ0n) is 19.6. The van der Waals surface area contributed by atoms with Gasteiger partial charge in [-0.1, -0.05) is 0 Å². The Labute approximate surface area is 195 Å². The van der Waals surface area contributed by atoms with Crippen LogP contribution in [-0.4, -0.2) is 64.4 Å². The zero-order valence-corrected chi connectivity index (χ0v) is 19.6. The summed E-state index contributed by atoms with van der Waals surface area (Å²) < 4.78 is 22.3. The van der Waals surface area contributed by atoms with Gasteiger partial charge in [0.25, 0.3) is 0 Å². The fourth-order valence-electron chi connectivity index (χ4n) is 3.70. The van der Waals surface area contributed by atoms with Crippen molar-refractivity contribution in [2.45, 2.75) is 25.9 Å². The van der Waals surface area contributed by atoms with Gasteiger partial charge < -0.3 is 29.6 Å². The van der Waals surface area contributed by atoms with Crippen molar-refractivity contribution >= 4 is 23.2 Å². The lowest BCUT2D eigenvalue weighted by atomic mass is 9.93. The van der Waals surface area contributed by atoms with E-state index in [1.165, 1.54) is 0 Å². The summed E-state index contributed by atoms with van der Waals surface area (Å²) >= 11 is 0. The van der Waals surface area contributed by atoms with Crippen molar-refractivity contribution in [1.82, 2.24) is 0 Å². The van der Waals surface area contributed by atoms with Gasteiger partial charge in [-0.3, -0.25) is 0 Å². The number of benzene rings is 2. The normalized spacial score (nSPS) is 19.8. The molecule has 2 N–H and O–H groups in total. The Bertz CT molecular complexity index is 907. The number of anilines is 2. The van der Waals surface area contributed by atoms with Gasteiger partial charge in [0.1, 0.15) is 42.2 Å². The Morgan fingerprint density at radius 3 is 1.52 bits per heavy atom. The van der Waals surface area contributed by atoms with Crippen LogP contribution < -0.4 is 20.1 Å². The molecule has 176 valence electrons. The summed E-state index contributed by atoms with van der Waals surface area (Å²) in [5.41, 5.74) is 1.54. The SMILES string of the molecule is COc1ccc(NC[C@@H]2COC(C(C)(C)C3=N[C@H](CNc4ccc(OC)cc4)CO3)=N2)cc1. The van der Waals surface area contributed by atoms with Crippen LogP contribution in [0.1, 0.15) is 13.8 Å². The van der Waals surface area contributed by atoms with E-state index in [1.807, 2.05) is 62.4 Å². The van der Waals surface area contributed by atoms with Gasteiger partial charge in [0.15, 0.2) is 11.8 Å². The maximum atomic E-state index is 5.96. The Morgan fingerprint density at radius 1 is 0.758 bits per heavy atom. The summed E-state index contributed by atoms with van der Waals surface area (Å²) in [5.74, 6) is 3.02. The van der Waals surface area contributed by atoms with Crippen molar-refractivity contribution in [1.29, 1.82) is 0 Å². The lowest BCUT2D eigenvalue weighted by Gasteiger charge is -2.22. The van der Waals surface area contributed by atoms with E-state index in [-0.39, 0.29) is 12.1 Å². The highest BCUT2D eigenvalue weighted by atomic mass is 16.5. The smallest absolute Gasteiger partial charge is 0.199 e. The topological polar surface area (TPSA) is 85.7 Å². The molecule has 8 nitrogen and oxygen atoms in total. The second-order valence-electron chi connectivity index (χ2n) is 8.64. The number of nitrogens with zero attached hydrogens (tertiary/aromatic N) is 2. The third-order valence-electron chi connectivity index (χ3n) is 5.76. The third-order valence-corrected chi connectivity index (χ3v) is 5.76. The summed E-state index contributed by atoms with van der Waals surface area (Å²) in [6, 6.07) is 15.8. The van der Waals surface area contributed by atoms with E-state index in [0.717, 1.165) is 22.9 Å². The zero-order chi connectivity index (χ0) is 23.3. The second-order valence-corrected chi connectivity index (χ2v) is 8.64. The molecule has 0 aliphatic carbocycles. The summed E-state index contributed by atoms with van der Waals surface area (Å²) in [4.78, 5) is 9.61. The highest BCUT2D eigenvalue weighted by Gasteiger charge is 2.41. The molecule has 2 aliphatic rings. The van der Waals surface area contributed by atoms with Gasteiger partial charge in [-0.15, -0.1) is 0 Å². The molecular weight excluding hydrogens is 420 g/mol. The Hall–Kier alpha value is -3.42. The Balaban J connectivity index is 1.31. The van der Waals surface area contributed by atoms with E-state index >= 15 is 0 Å². The first-order valence-corrected chi connectivity index (χ1v) is 11.2. The minimum Gasteiger partial charge on any atom is -0.497 e. The highest BCUT2D eigenvalue weighted by Crippen LogP contribution is 2.29. The standard InChI is InChI=1S/C25H32N4O4/c1-25(2,23-28-19(15-32-23)13-26-17-5-9-21(30-3)10-6-17)24-29-20(16-33-24)14-27-18-7-11-22(31-4)12-8-18/h5-12,19-20,26-27H,13-16H2,1-4H3/t19-,20-/m1/s1. The summed E-state index contributed by atoms with van der Waals surface area (Å²) in [5, 5.41) is 6.81. The number of aliphatic imine (C=N–C) groups is 2. The number of hydrogen-bond acceptors (Lipinski definition) is 8. The molecular formula is C25H32N4O4. The fraction of sp³-hybridized carbons (Fsp3) is 0.440. The molecule has 0 spiro atoms. The van der Waals surface area contributed by atoms with Gasteiger partial charge in [0.05, 0.1) is 14.2 Å². The van der Waals surface area contributed by atoms with Gasteiger partial charge in [0, 0.05) is 24.5 Å². The average molecular weight is 453 g/mol. The van der Waals surface area contributed by atoms with Crippen molar-refractivity contribution in [2.75, 3.05) is 51.2 Å². The fourth-order valence-corrected chi connectivity index (χ4v) is 3.70. The molecule has 33 heavy (non-hydrogen) atoms. The number of rotatable bonds is 10. The van der Waals surface area contributed by atoms with E-state index in [0.29, 0.717) is 38.1 Å². The van der Waals surface area contributed by atoms with Crippen LogP contribution in [0.15, 0.2) is 58.5 Å². The third kappa shape index (κ3) is 5.50. The number of methoxy groups -OCH3 is 2. The monoisotopic (exact) mass is 452 g/mol. The van der Waals surface area contributed by atoms with Crippen LogP contribution in [0, 0.1) is 5.41 Å². The summed E-state index contributed by atoms with van der Waals surface area (Å²) in [7, 11) is 3.32. The van der Waals surface area contributed by atoms with Crippen LogP contribution in [0.2, 0.25) is 0 Å². The largest absolute Gasteiger partial charge is 0.497 e. The van der Waals surface area contributed by atoms with Gasteiger partial charge in [-0.25, -0.2) is 9.98 Å². The Morgan fingerprint density at radius 2 is 1.15 bits per heavy atom. The molecule has 0 radical (unpaired) electrons. The van der Waals surface area contributed by atoms with Crippen LogP contribution in [-0.2, 0) is 9.47 Å². The molecule has 2 heterocycles. The van der Waals surface area contributed by atoms with Crippen molar-refractivity contribution in [2.24, 2.45) is 15.4 Å². The first-order valence-electron chi connectivity index (χ1n) is 11.2. The molecule has 0 saturated heterocycles. The van der Waals surface area contributed by atoms with E-state index in [9.17, 15) is 0 Å². The highest BCUT2D eigenvalue weighted by molar-refractivity contribution is 6.05. The van der Waals surface area contributed by atoms with Crippen molar-refractivity contribution in [3.05, 3.63) is 48.5 Å². The van der Waals surface area contributed by atoms with E-state index < -0.39 is 5.41 Å². The summed E-state index contributed by atoms with van der Waals surface area (Å²) in [6.45, 7) is 6.54. The molecule has 0 bridgehead atoms. The molecule has 2 aromatic carbocycles. The minimum atomic E-state index is -0.510. The van der Waals surface area contributed by atoms with Crippen LogP contribution in [0.5, 0.6) is 11.5 Å². The Kier molecular flexibility index (Phi) is 6.91. The van der Waals surface area contributed by atoms with Crippen molar-refractivity contribution in [3.8, 4) is 11.5 Å². The van der Waals surface area contributed by atoms with Crippen molar-refractivity contribution < 1.29 is 18.9 Å². The number of hydrogen-bond donors (Lipinski definition) is 2. The molecule has 2 aliphatic heterocycles. The lowest BCUT2D eigenvalue weighted by molar-refractivity contribution is 0.266. The van der Waals surface area contributed by atoms with Gasteiger partial charge in [-0.2, -0.15) is 0 Å². The van der Waals surface area contributed by atoms with Gasteiger partial charge >= 0.3 is 0 Å². The number of ether oxygens (including phenoxy) is 4. The predicted octanol–water partition coefficient (Wildman–Crippen LogP) is 3.85. The lowest BCUT2D eigenvalue weighted by Crippen LogP contribution is -2.34. The average Bonchev–Trinajstić information content (AvgIpc) is 3.53. The maximum absolute atomic E-state index is 5.96.